The van der Waals surface area contributed by atoms with Gasteiger partial charge >= 0.3 is 7.82 Å². The second-order valence-corrected chi connectivity index (χ2v) is 11.5. The number of amides is 1. The van der Waals surface area contributed by atoms with Crippen LogP contribution in [0.15, 0.2) is 35.0 Å². The van der Waals surface area contributed by atoms with Crippen LogP contribution in [0.3, 0.4) is 0 Å². The first-order chi connectivity index (χ1) is 19.6. The minimum Gasteiger partial charge on any atom is -0.379 e. The molecule has 17 heteroatoms. The molecule has 1 saturated carbocycles. The molecule has 3 aromatic rings. The summed E-state index contributed by atoms with van der Waals surface area (Å²) >= 11 is 1.17. The van der Waals surface area contributed by atoms with Crippen LogP contribution in [0.1, 0.15) is 54.1 Å². The smallest absolute Gasteiger partial charge is 0.379 e. The standard InChI is InChI=1S/C24H26F2N7O6PS/c1-2-38-16-5-3-15(4-6-16)33-11-18(22(31-33)21-17(25)7-8-20(26)30-21)28-23(34)19-12-41-24(29-19)14-9-27-32(10-14)13-39-40(35,36)37/h7-9,11-12,15-16H,2-6,10,13H2,1H3,(H2-,28,34,35,36,37)/p+1. The highest BCUT2D eigenvalue weighted by Crippen LogP contribution is 2.36. The van der Waals surface area contributed by atoms with Gasteiger partial charge in [0, 0.05) is 18.2 Å². The first-order valence-electron chi connectivity index (χ1n) is 12.7. The molecule has 3 N–H and O–H groups in total. The molecule has 0 spiro atoms. The summed E-state index contributed by atoms with van der Waals surface area (Å²) in [7, 11) is -4.65. The average molecular weight is 611 g/mol. The Kier molecular flexibility index (Phi) is 8.77. The molecule has 0 unspecified atom stereocenters. The molecule has 1 aliphatic carbocycles. The van der Waals surface area contributed by atoms with Crippen molar-refractivity contribution in [2.75, 3.05) is 25.2 Å². The van der Waals surface area contributed by atoms with Gasteiger partial charge in [0.2, 0.25) is 12.5 Å². The van der Waals surface area contributed by atoms with Crippen LogP contribution in [0.5, 0.6) is 0 Å². The highest BCUT2D eigenvalue weighted by atomic mass is 32.1. The van der Waals surface area contributed by atoms with Crippen LogP contribution >= 0.6 is 19.2 Å². The van der Waals surface area contributed by atoms with E-state index in [4.69, 9.17) is 14.5 Å². The quantitative estimate of drug-likeness (QED) is 0.172. The molecule has 218 valence electrons. The zero-order chi connectivity index (χ0) is 29.1. The molecule has 1 aliphatic heterocycles. The van der Waals surface area contributed by atoms with E-state index in [1.165, 1.54) is 27.6 Å². The van der Waals surface area contributed by atoms with Crippen LogP contribution in [-0.4, -0.2) is 66.1 Å². The monoisotopic (exact) mass is 610 g/mol. The lowest BCUT2D eigenvalue weighted by Crippen LogP contribution is -2.24. The summed E-state index contributed by atoms with van der Waals surface area (Å²) < 4.78 is 52.7. The Morgan fingerprint density at radius 1 is 1.22 bits per heavy atom. The summed E-state index contributed by atoms with van der Waals surface area (Å²) in [6, 6.07) is 1.84. The molecule has 1 fully saturated rings. The fourth-order valence-electron chi connectivity index (χ4n) is 4.63. The van der Waals surface area contributed by atoms with Crippen molar-refractivity contribution in [1.82, 2.24) is 19.7 Å². The summed E-state index contributed by atoms with van der Waals surface area (Å²) in [5, 5.41) is 13.2. The molecule has 1 amide bonds. The third kappa shape index (κ3) is 7.15. The van der Waals surface area contributed by atoms with Crippen LogP contribution in [0.4, 0.5) is 14.5 Å². The van der Waals surface area contributed by atoms with E-state index in [0.717, 1.165) is 37.8 Å². The van der Waals surface area contributed by atoms with Gasteiger partial charge in [0.05, 0.1) is 23.4 Å². The van der Waals surface area contributed by atoms with E-state index < -0.39 is 32.2 Å². The summed E-state index contributed by atoms with van der Waals surface area (Å²) in [4.78, 5) is 39.0. The maximum Gasteiger partial charge on any atom is 0.474 e. The number of pyridine rings is 1. The first kappa shape index (κ1) is 29.2. The first-order valence-corrected chi connectivity index (χ1v) is 15.2. The highest BCUT2D eigenvalue weighted by Gasteiger charge is 2.28. The second-order valence-electron chi connectivity index (χ2n) is 9.40. The number of aromatic nitrogens is 4. The van der Waals surface area contributed by atoms with E-state index >= 15 is 0 Å². The van der Waals surface area contributed by atoms with Crippen molar-refractivity contribution in [3.8, 4) is 11.4 Å². The highest BCUT2D eigenvalue weighted by molar-refractivity contribution is 7.46. The molecular weight excluding hydrogens is 583 g/mol. The largest absolute Gasteiger partial charge is 0.474 e. The number of phosphoric acid groups is 1. The van der Waals surface area contributed by atoms with Gasteiger partial charge in [-0.2, -0.15) is 9.49 Å². The Labute approximate surface area is 236 Å². The molecule has 0 atom stereocenters. The van der Waals surface area contributed by atoms with E-state index in [0.29, 0.717) is 17.2 Å². The number of carbonyl (C=O) groups is 1. The predicted octanol–water partition coefficient (Wildman–Crippen LogP) is 4.34. The van der Waals surface area contributed by atoms with E-state index in [1.807, 2.05) is 6.92 Å². The van der Waals surface area contributed by atoms with Crippen molar-refractivity contribution >= 4 is 36.3 Å². The fraction of sp³-hybridized carbons (Fsp3) is 0.417. The number of rotatable bonds is 10. The van der Waals surface area contributed by atoms with Gasteiger partial charge in [-0.25, -0.2) is 23.4 Å². The number of thiazole rings is 1. The lowest BCUT2D eigenvalue weighted by atomic mass is 9.93. The van der Waals surface area contributed by atoms with Gasteiger partial charge in [0.25, 0.3) is 12.6 Å². The molecule has 0 saturated heterocycles. The van der Waals surface area contributed by atoms with Crippen molar-refractivity contribution in [3.05, 3.63) is 52.4 Å². The Bertz CT molecular complexity index is 1550. The molecule has 4 heterocycles. The van der Waals surface area contributed by atoms with Gasteiger partial charge in [-0.3, -0.25) is 9.48 Å². The lowest BCUT2D eigenvalue weighted by molar-refractivity contribution is -0.603. The number of phosphoric ester groups is 1. The number of hydrogen-bond acceptors (Lipinski definition) is 9. The van der Waals surface area contributed by atoms with Crippen molar-refractivity contribution in [3.63, 3.8) is 0 Å². The molecule has 0 bridgehead atoms. The van der Waals surface area contributed by atoms with Crippen molar-refractivity contribution in [2.45, 2.75) is 44.8 Å². The van der Waals surface area contributed by atoms with E-state index in [1.54, 1.807) is 10.9 Å². The number of carbonyl (C=O) groups excluding carboxylic acids is 1. The SMILES string of the molecule is CCOC1CCC(n2cc(NC(=O)c3csc(C4=CN=[N+](COP(=O)(O)O)C4)n3)c(-c3nc(F)ccc3F)n2)CC1. The number of azo groups is 2. The van der Waals surface area contributed by atoms with Gasteiger partial charge in [-0.1, -0.05) is 4.70 Å². The van der Waals surface area contributed by atoms with Crippen molar-refractivity contribution in [1.29, 1.82) is 0 Å². The number of nitrogens with zero attached hydrogens (tertiary/aromatic N) is 6. The molecule has 3 aromatic heterocycles. The van der Waals surface area contributed by atoms with Crippen LogP contribution in [0.2, 0.25) is 0 Å². The Morgan fingerprint density at radius 3 is 2.73 bits per heavy atom. The lowest BCUT2D eigenvalue weighted by Gasteiger charge is -2.28. The fourth-order valence-corrected chi connectivity index (χ4v) is 5.71. The van der Waals surface area contributed by atoms with Crippen molar-refractivity contribution < 1.29 is 41.9 Å². The third-order valence-electron chi connectivity index (χ3n) is 6.55. The topological polar surface area (TPSA) is 164 Å². The van der Waals surface area contributed by atoms with E-state index in [2.05, 4.69) is 30.0 Å². The predicted molar refractivity (Wildman–Crippen MR) is 142 cm³/mol. The molecule has 2 aliphatic rings. The van der Waals surface area contributed by atoms with Gasteiger partial charge in [0.1, 0.15) is 28.3 Å². The van der Waals surface area contributed by atoms with Crippen molar-refractivity contribution in [2.24, 2.45) is 5.11 Å². The van der Waals surface area contributed by atoms with E-state index in [9.17, 15) is 18.1 Å². The number of nitrogens with one attached hydrogen (secondary N) is 1. The number of ether oxygens (including phenoxy) is 1. The van der Waals surface area contributed by atoms with Gasteiger partial charge in [0.15, 0.2) is 5.82 Å². The summed E-state index contributed by atoms with van der Waals surface area (Å²) in [6.07, 6.45) is 6.41. The zero-order valence-electron chi connectivity index (χ0n) is 21.8. The average Bonchev–Trinajstić information content (AvgIpc) is 3.69. The minimum atomic E-state index is -4.65. The van der Waals surface area contributed by atoms with Gasteiger partial charge in [-0.05, 0) is 49.9 Å². The molecule has 5 rings (SSSR count). The number of anilines is 1. The van der Waals surface area contributed by atoms with Crippen LogP contribution in [0.25, 0.3) is 17.0 Å². The Morgan fingerprint density at radius 2 is 2.00 bits per heavy atom. The maximum absolute atomic E-state index is 14.7. The summed E-state index contributed by atoms with van der Waals surface area (Å²) in [5.74, 6) is -2.26. The van der Waals surface area contributed by atoms with Crippen LogP contribution < -0.4 is 5.32 Å². The van der Waals surface area contributed by atoms with Crippen LogP contribution in [0, 0.1) is 11.8 Å². The van der Waals surface area contributed by atoms with Gasteiger partial charge < -0.3 is 19.8 Å². The molecule has 0 radical (unpaired) electrons. The van der Waals surface area contributed by atoms with E-state index in [-0.39, 0.29) is 41.5 Å². The number of halogens is 2. The maximum atomic E-state index is 14.7. The molecule has 41 heavy (non-hydrogen) atoms. The second kappa shape index (κ2) is 12.3. The van der Waals surface area contributed by atoms with Crippen LogP contribution in [-0.2, 0) is 13.8 Å². The Balaban J connectivity index is 1.33. The minimum absolute atomic E-state index is 0.00395. The normalized spacial score (nSPS) is 19.2. The summed E-state index contributed by atoms with van der Waals surface area (Å²) in [6.45, 7) is 2.33. The summed E-state index contributed by atoms with van der Waals surface area (Å²) in [5.41, 5.74) is 0.515. The molecular formula is C24H27F2N7O6PS+. The third-order valence-corrected chi connectivity index (χ3v) is 7.92. The molecule has 0 aromatic carbocycles. The zero-order valence-corrected chi connectivity index (χ0v) is 23.5. The number of hydrogen-bond donors (Lipinski definition) is 3. The van der Waals surface area contributed by atoms with Gasteiger partial charge in [-0.15, -0.1) is 11.3 Å². The Hall–Kier alpha value is -3.27. The molecule has 13 nitrogen and oxygen atoms in total.